The van der Waals surface area contributed by atoms with E-state index in [0.29, 0.717) is 17.8 Å². The van der Waals surface area contributed by atoms with Gasteiger partial charge in [-0.2, -0.15) is 0 Å². The van der Waals surface area contributed by atoms with Gasteiger partial charge in [0.25, 0.3) is 0 Å². The van der Waals surface area contributed by atoms with Crippen molar-refractivity contribution in [1.82, 2.24) is 9.97 Å². The minimum atomic E-state index is 0.478. The molecule has 0 aliphatic heterocycles. The predicted molar refractivity (Wildman–Crippen MR) is 89.7 cm³/mol. The van der Waals surface area contributed by atoms with Crippen LogP contribution < -0.4 is 0 Å². The van der Waals surface area contributed by atoms with Gasteiger partial charge in [0.15, 0.2) is 0 Å². The highest BCUT2D eigenvalue weighted by Gasteiger charge is 2.18. The Kier molecular flexibility index (Phi) is 4.76. The second kappa shape index (κ2) is 6.38. The lowest BCUT2D eigenvalue weighted by atomic mass is 9.83. The first-order chi connectivity index (χ1) is 9.91. The highest BCUT2D eigenvalue weighted by molar-refractivity contribution is 5.70. The molecule has 2 aromatic rings. The van der Waals surface area contributed by atoms with Crippen molar-refractivity contribution in [3.05, 3.63) is 47.4 Å². The van der Waals surface area contributed by atoms with Gasteiger partial charge in [0.1, 0.15) is 6.33 Å². The number of hydrogen-bond acceptors (Lipinski definition) is 2. The Morgan fingerprint density at radius 2 is 1.38 bits per heavy atom. The van der Waals surface area contributed by atoms with Crippen molar-refractivity contribution in [2.24, 2.45) is 0 Å². The second-order valence-electron chi connectivity index (χ2n) is 6.63. The molecule has 0 radical (unpaired) electrons. The van der Waals surface area contributed by atoms with Crippen molar-refractivity contribution in [3.8, 4) is 11.3 Å². The van der Waals surface area contributed by atoms with Gasteiger partial charge < -0.3 is 0 Å². The zero-order valence-electron chi connectivity index (χ0n) is 14.0. The minimum Gasteiger partial charge on any atom is -0.245 e. The van der Waals surface area contributed by atoms with Crippen LogP contribution in [0.5, 0.6) is 0 Å². The molecule has 2 nitrogen and oxygen atoms in total. The Morgan fingerprint density at radius 1 is 0.810 bits per heavy atom. The van der Waals surface area contributed by atoms with E-state index in [4.69, 9.17) is 0 Å². The quantitative estimate of drug-likeness (QED) is 0.738. The van der Waals surface area contributed by atoms with Gasteiger partial charge in [-0.1, -0.05) is 53.7 Å². The average Bonchev–Trinajstić information content (AvgIpc) is 2.46. The topological polar surface area (TPSA) is 25.8 Å². The van der Waals surface area contributed by atoms with E-state index in [-0.39, 0.29) is 0 Å². The predicted octanol–water partition coefficient (Wildman–Crippen LogP) is 5.51. The number of hydrogen-bond donors (Lipinski definition) is 0. The van der Waals surface area contributed by atoms with Crippen LogP contribution in [0.3, 0.4) is 0 Å². The van der Waals surface area contributed by atoms with Crippen LogP contribution in [0.1, 0.15) is 76.0 Å². The van der Waals surface area contributed by atoms with Crippen LogP contribution in [0.25, 0.3) is 11.3 Å². The fourth-order valence-electron chi connectivity index (χ4n) is 2.69. The standard InChI is InChI=1S/C19H26N2/c1-12(2)15-9-16(13(3)4)19(17(10-15)14(5)6)18-7-8-20-11-21-18/h7-14H,1-6H3. The van der Waals surface area contributed by atoms with Crippen LogP contribution in [0.4, 0.5) is 0 Å². The molecule has 0 unspecified atom stereocenters. The Hall–Kier alpha value is -1.70. The summed E-state index contributed by atoms with van der Waals surface area (Å²) >= 11 is 0. The summed E-state index contributed by atoms with van der Waals surface area (Å²) in [5.41, 5.74) is 6.53. The minimum absolute atomic E-state index is 0.478. The van der Waals surface area contributed by atoms with E-state index in [0.717, 1.165) is 5.69 Å². The third-order valence-electron chi connectivity index (χ3n) is 3.97. The lowest BCUT2D eigenvalue weighted by Crippen LogP contribution is -2.04. The first-order valence-electron chi connectivity index (χ1n) is 7.86. The van der Waals surface area contributed by atoms with Gasteiger partial charge in [0.2, 0.25) is 0 Å². The summed E-state index contributed by atoms with van der Waals surface area (Å²) < 4.78 is 0. The van der Waals surface area contributed by atoms with Crippen LogP contribution in [-0.4, -0.2) is 9.97 Å². The third-order valence-corrected chi connectivity index (χ3v) is 3.97. The van der Waals surface area contributed by atoms with Crippen LogP contribution in [0.2, 0.25) is 0 Å². The fraction of sp³-hybridized carbons (Fsp3) is 0.474. The molecule has 2 rings (SSSR count). The van der Waals surface area contributed by atoms with E-state index >= 15 is 0 Å². The molecule has 1 aromatic heterocycles. The first kappa shape index (κ1) is 15.7. The molecule has 1 aromatic carbocycles. The SMILES string of the molecule is CC(C)c1cc(C(C)C)c(-c2ccncn2)c(C(C)C)c1. The first-order valence-corrected chi connectivity index (χ1v) is 7.86. The summed E-state index contributed by atoms with van der Waals surface area (Å²) in [6, 6.07) is 6.74. The molecule has 0 N–H and O–H groups in total. The molecule has 0 aliphatic rings. The third kappa shape index (κ3) is 3.31. The maximum Gasteiger partial charge on any atom is 0.116 e. The van der Waals surface area contributed by atoms with Gasteiger partial charge in [-0.25, -0.2) is 9.97 Å². The molecule has 112 valence electrons. The van der Waals surface area contributed by atoms with Crippen LogP contribution in [-0.2, 0) is 0 Å². The van der Waals surface area contributed by atoms with Gasteiger partial charge in [-0.05, 0) is 40.5 Å². The molecule has 0 bridgehead atoms. The van der Waals surface area contributed by atoms with Crippen molar-refractivity contribution in [1.29, 1.82) is 0 Å². The number of nitrogens with zero attached hydrogens (tertiary/aromatic N) is 2. The highest BCUT2D eigenvalue weighted by Crippen LogP contribution is 2.37. The molecule has 0 spiro atoms. The number of aromatic nitrogens is 2. The van der Waals surface area contributed by atoms with Crippen molar-refractivity contribution >= 4 is 0 Å². The second-order valence-corrected chi connectivity index (χ2v) is 6.63. The van der Waals surface area contributed by atoms with Gasteiger partial charge in [-0.3, -0.25) is 0 Å². The number of rotatable bonds is 4. The summed E-state index contributed by atoms with van der Waals surface area (Å²) in [7, 11) is 0. The van der Waals surface area contributed by atoms with E-state index in [1.165, 1.54) is 22.3 Å². The molecule has 0 saturated heterocycles. The molecular formula is C19H26N2. The van der Waals surface area contributed by atoms with Crippen molar-refractivity contribution < 1.29 is 0 Å². The molecule has 0 amide bonds. The zero-order valence-corrected chi connectivity index (χ0v) is 14.0. The maximum absolute atomic E-state index is 4.50. The zero-order chi connectivity index (χ0) is 15.6. The average molecular weight is 282 g/mol. The van der Waals surface area contributed by atoms with Crippen molar-refractivity contribution in [3.63, 3.8) is 0 Å². The Morgan fingerprint density at radius 3 is 1.76 bits per heavy atom. The number of benzene rings is 1. The molecule has 0 saturated carbocycles. The Labute approximate surface area is 128 Å². The molecular weight excluding hydrogens is 256 g/mol. The van der Waals surface area contributed by atoms with Crippen LogP contribution >= 0.6 is 0 Å². The molecule has 21 heavy (non-hydrogen) atoms. The summed E-state index contributed by atoms with van der Waals surface area (Å²) in [4.78, 5) is 8.55. The van der Waals surface area contributed by atoms with Gasteiger partial charge in [-0.15, -0.1) is 0 Å². The van der Waals surface area contributed by atoms with Gasteiger partial charge >= 0.3 is 0 Å². The van der Waals surface area contributed by atoms with Crippen LogP contribution in [0, 0.1) is 0 Å². The molecule has 0 atom stereocenters. The summed E-state index contributed by atoms with van der Waals surface area (Å²) in [5.74, 6) is 1.50. The van der Waals surface area contributed by atoms with E-state index in [2.05, 4.69) is 63.6 Å². The normalized spacial score (nSPS) is 11.7. The lowest BCUT2D eigenvalue weighted by molar-refractivity contribution is 0.806. The highest BCUT2D eigenvalue weighted by atomic mass is 14.8. The Bertz CT molecular complexity index is 569. The van der Waals surface area contributed by atoms with E-state index in [1.54, 1.807) is 6.33 Å². The van der Waals surface area contributed by atoms with E-state index < -0.39 is 0 Å². The van der Waals surface area contributed by atoms with Gasteiger partial charge in [0.05, 0.1) is 5.69 Å². The smallest absolute Gasteiger partial charge is 0.116 e. The fourth-order valence-corrected chi connectivity index (χ4v) is 2.69. The van der Waals surface area contributed by atoms with Crippen molar-refractivity contribution in [2.45, 2.75) is 59.3 Å². The molecule has 0 aliphatic carbocycles. The van der Waals surface area contributed by atoms with E-state index in [1.807, 2.05) is 12.3 Å². The largest absolute Gasteiger partial charge is 0.245 e. The summed E-state index contributed by atoms with van der Waals surface area (Å²) in [6.45, 7) is 13.5. The Balaban J connectivity index is 2.77. The monoisotopic (exact) mass is 282 g/mol. The van der Waals surface area contributed by atoms with Crippen LogP contribution in [0.15, 0.2) is 30.7 Å². The molecule has 0 fully saturated rings. The maximum atomic E-state index is 4.50. The van der Waals surface area contributed by atoms with Crippen molar-refractivity contribution in [2.75, 3.05) is 0 Å². The lowest BCUT2D eigenvalue weighted by Gasteiger charge is -2.22. The summed E-state index contributed by atoms with van der Waals surface area (Å²) in [5, 5.41) is 0. The molecule has 2 heteroatoms. The molecule has 1 heterocycles. The van der Waals surface area contributed by atoms with E-state index in [9.17, 15) is 0 Å². The summed E-state index contributed by atoms with van der Waals surface area (Å²) in [6.07, 6.45) is 3.47. The van der Waals surface area contributed by atoms with Gasteiger partial charge in [0, 0.05) is 11.8 Å².